The van der Waals surface area contributed by atoms with Crippen LogP contribution in [0.5, 0.6) is 0 Å². The van der Waals surface area contributed by atoms with E-state index in [1.54, 1.807) is 24.3 Å². The zero-order valence-corrected chi connectivity index (χ0v) is 27.7. The summed E-state index contributed by atoms with van der Waals surface area (Å²) in [5, 5.41) is 16.3. The quantitative estimate of drug-likeness (QED) is 0.128. The van der Waals surface area contributed by atoms with E-state index in [2.05, 4.69) is 10.6 Å². The molecule has 0 heterocycles. The number of rotatable bonds is 15. The van der Waals surface area contributed by atoms with Crippen molar-refractivity contribution in [2.45, 2.75) is 48.6 Å². The van der Waals surface area contributed by atoms with Crippen LogP contribution >= 0.6 is 0 Å². The molecule has 0 aliphatic heterocycles. The van der Waals surface area contributed by atoms with E-state index in [0.29, 0.717) is 30.8 Å². The Bertz CT molecular complexity index is 1730. The van der Waals surface area contributed by atoms with Crippen molar-refractivity contribution in [3.05, 3.63) is 126 Å². The topological polar surface area (TPSA) is 151 Å². The Balaban J connectivity index is 1.40. The predicted molar refractivity (Wildman–Crippen MR) is 186 cm³/mol. The van der Waals surface area contributed by atoms with Crippen LogP contribution in [0.3, 0.4) is 0 Å². The maximum absolute atomic E-state index is 14.1. The molecule has 1 saturated carbocycles. The van der Waals surface area contributed by atoms with Gasteiger partial charge < -0.3 is 26.2 Å². The smallest absolute Gasteiger partial charge is 0.407 e. The fraction of sp³-hybridized carbons (Fsp3) is 0.297. The standard InChI is InChI=1S/C37H42N4O6S/c1-47-37(44)40-35(34(28-11-4-2-5-12-28)29-13-6-3-7-14-29)36(43)39-33-15-9-8-10-27(33)18-21-31(25-42)41(24-26-16-17-26)48(45,46)32-22-19-30(38)20-23-32/h2-15,19-20,22-23,26,31,34-35,42H,16-18,21,24-25,38H2,1H3,(H,39,43)(H,40,44)/t31-,35-/m0/s1. The molecule has 0 radical (unpaired) electrons. The number of nitrogens with one attached hydrogen (secondary N) is 2. The summed E-state index contributed by atoms with van der Waals surface area (Å²) >= 11 is 0. The lowest BCUT2D eigenvalue weighted by Crippen LogP contribution is -2.48. The van der Waals surface area contributed by atoms with Gasteiger partial charge in [0.2, 0.25) is 15.9 Å². The Morgan fingerprint density at radius 1 is 0.896 bits per heavy atom. The SMILES string of the molecule is COC(=O)N[C@H](C(=O)Nc1ccccc1CC[C@@H](CO)N(CC1CC1)S(=O)(=O)c1ccc(N)cc1)C(c1ccccc1)c1ccccc1. The van der Waals surface area contributed by atoms with Crippen molar-refractivity contribution >= 4 is 33.4 Å². The molecule has 4 aromatic carbocycles. The number of nitrogens with two attached hydrogens (primary N) is 1. The molecule has 11 heteroatoms. The predicted octanol–water partition coefficient (Wildman–Crippen LogP) is 5.16. The number of nitrogen functional groups attached to an aromatic ring is 1. The van der Waals surface area contributed by atoms with E-state index in [1.165, 1.54) is 23.5 Å². The molecule has 252 valence electrons. The average Bonchev–Trinajstić information content (AvgIpc) is 3.94. The van der Waals surface area contributed by atoms with Crippen molar-refractivity contribution in [2.24, 2.45) is 5.92 Å². The number of anilines is 2. The fourth-order valence-electron chi connectivity index (χ4n) is 5.88. The summed E-state index contributed by atoms with van der Waals surface area (Å²) in [5.41, 5.74) is 9.20. The Morgan fingerprint density at radius 3 is 2.04 bits per heavy atom. The number of carbonyl (C=O) groups excluding carboxylic acids is 2. The molecule has 1 fully saturated rings. The number of aryl methyl sites for hydroxylation is 1. The highest BCUT2D eigenvalue weighted by atomic mass is 32.2. The van der Waals surface area contributed by atoms with Gasteiger partial charge in [-0.15, -0.1) is 0 Å². The van der Waals surface area contributed by atoms with Crippen LogP contribution in [0.2, 0.25) is 0 Å². The van der Waals surface area contributed by atoms with Crippen LogP contribution in [0.25, 0.3) is 0 Å². The van der Waals surface area contributed by atoms with Gasteiger partial charge in [0.1, 0.15) is 6.04 Å². The number of carbonyl (C=O) groups is 2. The first kappa shape index (κ1) is 34.6. The van der Waals surface area contributed by atoms with Gasteiger partial charge in [-0.2, -0.15) is 4.31 Å². The van der Waals surface area contributed by atoms with Crippen molar-refractivity contribution in [2.75, 3.05) is 31.3 Å². The number of sulfonamides is 1. The van der Waals surface area contributed by atoms with Gasteiger partial charge in [0.15, 0.2) is 0 Å². The van der Waals surface area contributed by atoms with Gasteiger partial charge in [0, 0.05) is 29.9 Å². The van der Waals surface area contributed by atoms with Crippen LogP contribution in [-0.2, 0) is 26.0 Å². The zero-order chi connectivity index (χ0) is 34.1. The normalized spacial score (nSPS) is 14.3. The molecule has 1 aliphatic rings. The van der Waals surface area contributed by atoms with Crippen molar-refractivity contribution in [3.8, 4) is 0 Å². The van der Waals surface area contributed by atoms with Crippen LogP contribution in [-0.4, -0.2) is 62.2 Å². The number of nitrogens with zero attached hydrogens (tertiary/aromatic N) is 1. The molecule has 0 saturated heterocycles. The number of hydrogen-bond donors (Lipinski definition) is 4. The van der Waals surface area contributed by atoms with Gasteiger partial charge in [-0.3, -0.25) is 4.79 Å². The van der Waals surface area contributed by atoms with Crippen molar-refractivity contribution < 1.29 is 27.9 Å². The lowest BCUT2D eigenvalue weighted by Gasteiger charge is -2.30. The lowest BCUT2D eigenvalue weighted by atomic mass is 9.84. The third-order valence-corrected chi connectivity index (χ3v) is 10.6. The third kappa shape index (κ3) is 8.60. The van der Waals surface area contributed by atoms with E-state index in [1.807, 2.05) is 72.8 Å². The monoisotopic (exact) mass is 670 g/mol. The number of aliphatic hydroxyl groups excluding tert-OH is 1. The number of alkyl carbamates (subject to hydrolysis) is 1. The number of benzene rings is 4. The van der Waals surface area contributed by atoms with Gasteiger partial charge in [-0.1, -0.05) is 78.9 Å². The molecule has 5 rings (SSSR count). The first-order valence-corrected chi connectivity index (χ1v) is 17.5. The Hall–Kier alpha value is -4.71. The van der Waals surface area contributed by atoms with Crippen molar-refractivity contribution in [1.82, 2.24) is 9.62 Å². The second-order valence-electron chi connectivity index (χ2n) is 12.0. The summed E-state index contributed by atoms with van der Waals surface area (Å²) in [7, 11) is -2.66. The molecule has 0 spiro atoms. The number of aliphatic hydroxyl groups is 1. The van der Waals surface area contributed by atoms with Crippen LogP contribution in [0.4, 0.5) is 16.2 Å². The second kappa shape index (κ2) is 15.9. The number of amides is 2. The molecule has 1 aliphatic carbocycles. The fourth-order valence-corrected chi connectivity index (χ4v) is 7.60. The molecule has 0 aromatic heterocycles. The minimum absolute atomic E-state index is 0.124. The van der Waals surface area contributed by atoms with Gasteiger partial charge in [-0.05, 0) is 78.6 Å². The van der Waals surface area contributed by atoms with E-state index < -0.39 is 40.0 Å². The Kier molecular flexibility index (Phi) is 11.5. The first-order valence-electron chi connectivity index (χ1n) is 16.0. The van der Waals surface area contributed by atoms with Gasteiger partial charge in [0.25, 0.3) is 0 Å². The van der Waals surface area contributed by atoms with E-state index in [9.17, 15) is 23.1 Å². The highest BCUT2D eigenvalue weighted by Crippen LogP contribution is 2.34. The molecular formula is C37H42N4O6S. The first-order chi connectivity index (χ1) is 23.2. The summed E-state index contributed by atoms with van der Waals surface area (Å²) < 4.78 is 33.9. The molecule has 2 amide bonds. The largest absolute Gasteiger partial charge is 0.453 e. The number of hydrogen-bond acceptors (Lipinski definition) is 7. The van der Waals surface area contributed by atoms with Gasteiger partial charge in [-0.25, -0.2) is 13.2 Å². The summed E-state index contributed by atoms with van der Waals surface area (Å²) in [6.07, 6.45) is 1.81. The van der Waals surface area contributed by atoms with E-state index >= 15 is 0 Å². The van der Waals surface area contributed by atoms with Crippen molar-refractivity contribution in [1.29, 1.82) is 0 Å². The van der Waals surface area contributed by atoms with Crippen molar-refractivity contribution in [3.63, 3.8) is 0 Å². The Labute approximate surface area is 282 Å². The lowest BCUT2D eigenvalue weighted by molar-refractivity contribution is -0.118. The zero-order valence-electron chi connectivity index (χ0n) is 26.9. The summed E-state index contributed by atoms with van der Waals surface area (Å²) in [4.78, 5) is 26.8. The van der Waals surface area contributed by atoms with Crippen LogP contribution in [0.1, 0.15) is 41.9 Å². The average molecular weight is 671 g/mol. The summed E-state index contributed by atoms with van der Waals surface area (Å²) in [6, 6.07) is 30.5. The molecule has 48 heavy (non-hydrogen) atoms. The minimum atomic E-state index is -3.91. The van der Waals surface area contributed by atoms with E-state index in [4.69, 9.17) is 10.5 Å². The number of ether oxygens (including phenoxy) is 1. The van der Waals surface area contributed by atoms with Crippen LogP contribution in [0.15, 0.2) is 114 Å². The number of methoxy groups -OCH3 is 1. The summed E-state index contributed by atoms with van der Waals surface area (Å²) in [5.74, 6) is -0.742. The molecule has 5 N–H and O–H groups in total. The molecule has 2 atom stereocenters. The molecule has 0 bridgehead atoms. The Morgan fingerprint density at radius 2 is 1.48 bits per heavy atom. The number of para-hydroxylation sites is 1. The molecule has 10 nitrogen and oxygen atoms in total. The maximum atomic E-state index is 14.1. The molecule has 0 unspecified atom stereocenters. The van der Waals surface area contributed by atoms with E-state index in [0.717, 1.165) is 29.5 Å². The third-order valence-electron chi connectivity index (χ3n) is 8.65. The second-order valence-corrected chi connectivity index (χ2v) is 13.9. The van der Waals surface area contributed by atoms with E-state index in [-0.39, 0.29) is 17.4 Å². The van der Waals surface area contributed by atoms with Crippen LogP contribution in [0, 0.1) is 5.92 Å². The molecule has 4 aromatic rings. The van der Waals surface area contributed by atoms with Crippen LogP contribution < -0.4 is 16.4 Å². The summed E-state index contributed by atoms with van der Waals surface area (Å²) in [6.45, 7) is -0.0477. The minimum Gasteiger partial charge on any atom is -0.453 e. The molecular weight excluding hydrogens is 628 g/mol. The van der Waals surface area contributed by atoms with Gasteiger partial charge in [0.05, 0.1) is 18.6 Å². The highest BCUT2D eigenvalue weighted by Gasteiger charge is 2.37. The maximum Gasteiger partial charge on any atom is 0.407 e. The highest BCUT2D eigenvalue weighted by molar-refractivity contribution is 7.89. The van der Waals surface area contributed by atoms with Gasteiger partial charge >= 0.3 is 6.09 Å².